The second-order valence-corrected chi connectivity index (χ2v) is 7.24. The number of fused-ring (bicyclic) bond motifs is 3. The number of allylic oxidation sites excluding steroid dienone is 1. The molecule has 0 radical (unpaired) electrons. The summed E-state index contributed by atoms with van der Waals surface area (Å²) in [6.45, 7) is 0. The van der Waals surface area contributed by atoms with Gasteiger partial charge in [0.15, 0.2) is 0 Å². The lowest BCUT2D eigenvalue weighted by atomic mass is 10.2. The Hall–Kier alpha value is -4.93. The van der Waals surface area contributed by atoms with Crippen molar-refractivity contribution in [1.82, 2.24) is 24.2 Å². The first-order chi connectivity index (χ1) is 16.5. The fraction of sp³-hybridized carbons (Fsp3) is 0.0870. The van der Waals surface area contributed by atoms with Gasteiger partial charge in [-0.3, -0.25) is 15.0 Å². The molecule has 2 aromatic carbocycles. The van der Waals surface area contributed by atoms with Crippen LogP contribution in [0.2, 0.25) is 0 Å². The van der Waals surface area contributed by atoms with Crippen molar-refractivity contribution in [3.8, 4) is 11.4 Å². The van der Waals surface area contributed by atoms with Gasteiger partial charge < -0.3 is 9.47 Å². The van der Waals surface area contributed by atoms with Crippen molar-refractivity contribution in [2.45, 2.75) is 0 Å². The van der Waals surface area contributed by atoms with E-state index in [4.69, 9.17) is 4.74 Å². The number of hydrogen-bond donors (Lipinski definition) is 1. The third-order valence-corrected chi connectivity index (χ3v) is 5.23. The van der Waals surface area contributed by atoms with Crippen LogP contribution in [0.4, 0.5) is 0 Å². The molecule has 0 amide bonds. The number of hydrogen-bond acceptors (Lipinski definition) is 8. The third-order valence-electron chi connectivity index (χ3n) is 5.23. The molecule has 1 aliphatic rings. The summed E-state index contributed by atoms with van der Waals surface area (Å²) in [5.74, 6) is -0.541. The van der Waals surface area contributed by atoms with Crippen LogP contribution in [0.3, 0.4) is 0 Å². The number of methoxy groups -OCH3 is 2. The summed E-state index contributed by atoms with van der Waals surface area (Å²) in [6.07, 6.45) is 2.70. The van der Waals surface area contributed by atoms with Gasteiger partial charge in [-0.1, -0.05) is 30.3 Å². The summed E-state index contributed by atoms with van der Waals surface area (Å²) in [5, 5.41) is 8.76. The highest BCUT2D eigenvalue weighted by atomic mass is 16.5. The summed E-state index contributed by atoms with van der Waals surface area (Å²) in [6, 6.07) is 16.1. The third kappa shape index (κ3) is 3.35. The molecule has 11 nitrogen and oxygen atoms in total. The van der Waals surface area contributed by atoms with Gasteiger partial charge in [0, 0.05) is 6.08 Å². The molecule has 0 spiro atoms. The largest absolute Gasteiger partial charge is 0.497 e. The van der Waals surface area contributed by atoms with Crippen LogP contribution in [-0.2, 0) is 9.53 Å². The molecule has 4 aromatic rings. The molecule has 0 aliphatic carbocycles. The second kappa shape index (κ2) is 8.20. The van der Waals surface area contributed by atoms with E-state index in [9.17, 15) is 14.4 Å². The Labute approximate surface area is 191 Å². The minimum absolute atomic E-state index is 0.0155. The highest BCUT2D eigenvalue weighted by Crippen LogP contribution is 2.12. The standard InChI is InChI=1S/C23H18N6O5/c1-33-16-10-8-14(9-11-16)12-18-20(31)27(15-6-4-3-5-7-15)23-26-29-19(30)13-17(21(32)34-2)24-25-22(29)28(18)23/h3-13,24H,1-2H3/b18-12+. The van der Waals surface area contributed by atoms with Gasteiger partial charge in [-0.15, -0.1) is 10.2 Å². The molecule has 0 unspecified atom stereocenters. The Balaban J connectivity index is 1.83. The fourth-order valence-electron chi connectivity index (χ4n) is 3.61. The second-order valence-electron chi connectivity index (χ2n) is 7.24. The fourth-order valence-corrected chi connectivity index (χ4v) is 3.61. The minimum atomic E-state index is -0.763. The molecule has 2 aromatic heterocycles. The molecular weight excluding hydrogens is 440 g/mol. The number of carbonyl (C=O) groups excluding carboxylic acids is 2. The first-order valence-corrected chi connectivity index (χ1v) is 10.1. The van der Waals surface area contributed by atoms with Gasteiger partial charge in [0.05, 0.1) is 19.9 Å². The smallest absolute Gasteiger partial charge is 0.356 e. The average molecular weight is 458 g/mol. The number of carbonyl (C=O) groups is 2. The van der Waals surface area contributed by atoms with E-state index in [0.29, 0.717) is 11.4 Å². The van der Waals surface area contributed by atoms with Gasteiger partial charge in [0.2, 0.25) is 5.78 Å². The van der Waals surface area contributed by atoms with Crippen molar-refractivity contribution < 1.29 is 19.1 Å². The first kappa shape index (κ1) is 20.9. The molecule has 1 aliphatic heterocycles. The molecule has 0 saturated carbocycles. The van der Waals surface area contributed by atoms with Crippen LogP contribution in [0.15, 0.2) is 76.3 Å². The Morgan fingerprint density at radius 3 is 2.44 bits per heavy atom. The Morgan fingerprint density at radius 2 is 1.76 bits per heavy atom. The number of imidazole rings is 1. The van der Waals surface area contributed by atoms with Crippen LogP contribution < -0.4 is 26.7 Å². The van der Waals surface area contributed by atoms with Crippen LogP contribution in [0, 0.1) is 0 Å². The number of aromatic nitrogens is 4. The number of nitrogens with one attached hydrogen (secondary N) is 1. The summed E-state index contributed by atoms with van der Waals surface area (Å²) < 4.78 is 13.7. The number of nitrogens with zero attached hydrogens (tertiary/aromatic N) is 5. The van der Waals surface area contributed by atoms with E-state index >= 15 is 0 Å². The van der Waals surface area contributed by atoms with Crippen molar-refractivity contribution in [3.63, 3.8) is 0 Å². The van der Waals surface area contributed by atoms with Crippen molar-refractivity contribution in [1.29, 1.82) is 0 Å². The zero-order valence-corrected chi connectivity index (χ0v) is 18.1. The predicted octanol–water partition coefficient (Wildman–Crippen LogP) is -0.0410. The number of rotatable bonds is 4. The summed E-state index contributed by atoms with van der Waals surface area (Å²) in [7, 11) is 2.76. The van der Waals surface area contributed by atoms with Crippen molar-refractivity contribution in [2.75, 3.05) is 14.2 Å². The molecule has 5 rings (SSSR count). The average Bonchev–Trinajstić information content (AvgIpc) is 3.30. The molecule has 0 atom stereocenters. The van der Waals surface area contributed by atoms with Crippen LogP contribution in [-0.4, -0.2) is 44.8 Å². The summed E-state index contributed by atoms with van der Waals surface area (Å²) in [4.78, 5) is 38.4. The maximum absolute atomic E-state index is 13.6. The molecule has 0 fully saturated rings. The SMILES string of the molecule is COC(=O)C1=CC(=O)n2nc3n(-c4ccccc4)c(=O)/c(=C\c4ccc(OC)cc4)n3c2=NN1. The van der Waals surface area contributed by atoms with Gasteiger partial charge in [-0.25, -0.2) is 13.8 Å². The Morgan fingerprint density at radius 1 is 1.03 bits per heavy atom. The number of para-hydroxylation sites is 1. The van der Waals surface area contributed by atoms with Crippen LogP contribution in [0.1, 0.15) is 10.4 Å². The summed E-state index contributed by atoms with van der Waals surface area (Å²) in [5.41, 5.74) is 3.33. The predicted molar refractivity (Wildman–Crippen MR) is 120 cm³/mol. The Kier molecular flexibility index (Phi) is 5.05. The van der Waals surface area contributed by atoms with Gasteiger partial charge in [0.25, 0.3) is 17.1 Å². The zero-order valence-electron chi connectivity index (χ0n) is 18.1. The van der Waals surface area contributed by atoms with Crippen LogP contribution in [0.25, 0.3) is 17.5 Å². The minimum Gasteiger partial charge on any atom is -0.497 e. The van der Waals surface area contributed by atoms with E-state index in [-0.39, 0.29) is 28.0 Å². The van der Waals surface area contributed by atoms with E-state index in [1.807, 2.05) is 6.07 Å². The highest BCUT2D eigenvalue weighted by Gasteiger charge is 2.24. The monoisotopic (exact) mass is 458 g/mol. The molecule has 3 heterocycles. The highest BCUT2D eigenvalue weighted by molar-refractivity contribution is 5.98. The molecule has 11 heteroatoms. The van der Waals surface area contributed by atoms with Gasteiger partial charge in [-0.2, -0.15) is 4.68 Å². The number of ether oxygens (including phenoxy) is 2. The van der Waals surface area contributed by atoms with Crippen LogP contribution >= 0.6 is 0 Å². The van der Waals surface area contributed by atoms with Gasteiger partial charge >= 0.3 is 5.97 Å². The maximum Gasteiger partial charge on any atom is 0.356 e. The molecular formula is C23H18N6O5. The van der Waals surface area contributed by atoms with Crippen molar-refractivity contribution >= 4 is 23.7 Å². The van der Waals surface area contributed by atoms with Gasteiger partial charge in [-0.05, 0) is 35.9 Å². The van der Waals surface area contributed by atoms with E-state index in [2.05, 4.69) is 20.4 Å². The number of esters is 1. The molecule has 34 heavy (non-hydrogen) atoms. The molecule has 170 valence electrons. The quantitative estimate of drug-likeness (QED) is 0.426. The van der Waals surface area contributed by atoms with E-state index in [1.165, 1.54) is 16.1 Å². The molecule has 1 N–H and O–H groups in total. The van der Waals surface area contributed by atoms with E-state index in [0.717, 1.165) is 16.3 Å². The number of benzene rings is 2. The molecule has 0 bridgehead atoms. The van der Waals surface area contributed by atoms with Crippen LogP contribution in [0.5, 0.6) is 5.75 Å². The lowest BCUT2D eigenvalue weighted by Crippen LogP contribution is -2.38. The summed E-state index contributed by atoms with van der Waals surface area (Å²) >= 11 is 0. The van der Waals surface area contributed by atoms with E-state index < -0.39 is 11.9 Å². The normalized spacial score (nSPS) is 13.5. The van der Waals surface area contributed by atoms with Gasteiger partial charge in [0.1, 0.15) is 16.8 Å². The van der Waals surface area contributed by atoms with Crippen molar-refractivity contribution in [2.24, 2.45) is 5.10 Å². The topological polar surface area (TPSA) is 121 Å². The lowest BCUT2D eigenvalue weighted by molar-refractivity contribution is -0.136. The Bertz CT molecular complexity index is 1640. The zero-order chi connectivity index (χ0) is 23.8. The van der Waals surface area contributed by atoms with Crippen molar-refractivity contribution in [3.05, 3.63) is 93.3 Å². The lowest BCUT2D eigenvalue weighted by Gasteiger charge is -2.01. The first-order valence-electron chi connectivity index (χ1n) is 10.1. The molecule has 0 saturated heterocycles. The maximum atomic E-state index is 13.6. The van der Waals surface area contributed by atoms with E-state index in [1.54, 1.807) is 61.7 Å².